The van der Waals surface area contributed by atoms with Gasteiger partial charge in [-0.25, -0.2) is 0 Å². The average Bonchev–Trinajstić information content (AvgIpc) is 2.16. The van der Waals surface area contributed by atoms with Crippen LogP contribution < -0.4 is 65.1 Å². The van der Waals surface area contributed by atoms with Crippen LogP contribution in [0.2, 0.25) is 0 Å². The number of hydrogen-bond donors (Lipinski definition) is 13. The maximum atomic E-state index is 15.0. The highest BCUT2D eigenvalue weighted by Crippen LogP contribution is 2.23. The summed E-state index contributed by atoms with van der Waals surface area (Å²) in [7, 11) is 0. The van der Waals surface area contributed by atoms with Crippen molar-refractivity contribution in [3.8, 4) is 0 Å². The fourth-order valence-electron chi connectivity index (χ4n) is 11.3. The minimum absolute atomic E-state index is 0.00796. The second kappa shape index (κ2) is 34.1. The first-order valence-corrected chi connectivity index (χ1v) is 31.2. The standard InChI is InChI=1S/C65H90N14O12/c1-36(2)29-46-59(85)77-51(32-40-19-11-8-12-20-40)65(91)79-28-16-24-52(79)63(89)76-47(30-37(3)4)58(84)73-48(31-39-17-9-7-10-18-39)60(86)75-50(34-54(68)81)61(87)70-45(25-26-53(67)80)57(83)74-49(33-41-35-69-43-22-14-13-21-42(41)43)62(88)78-55(38(5)6)64(90)71-44(23-15-27-66)56(82)72-46/h7-14,17-22,35-38,44-52,55,69H,15-16,23-34,66H2,1-6H3,(H2,67,80)(H2,68,81)(H,70,87)(H,71,90)(H,72,82)(H,73,84)(H,74,83)(H,75,86)(H,76,89)(H,77,85)(H,78,88). The summed E-state index contributed by atoms with van der Waals surface area (Å²) in [6.45, 7) is 10.8. The van der Waals surface area contributed by atoms with Gasteiger partial charge in [0.2, 0.25) is 70.9 Å². The third-order valence-electron chi connectivity index (χ3n) is 16.0. The van der Waals surface area contributed by atoms with E-state index in [0.29, 0.717) is 34.0 Å². The lowest BCUT2D eigenvalue weighted by Crippen LogP contribution is -2.62. The van der Waals surface area contributed by atoms with Crippen LogP contribution in [0.15, 0.2) is 91.1 Å². The second-order valence-electron chi connectivity index (χ2n) is 24.7. The van der Waals surface area contributed by atoms with Crippen LogP contribution in [-0.4, -0.2) is 154 Å². The van der Waals surface area contributed by atoms with Crippen LogP contribution in [0.5, 0.6) is 0 Å². The van der Waals surface area contributed by atoms with Crippen molar-refractivity contribution in [3.05, 3.63) is 108 Å². The Labute approximate surface area is 530 Å². The summed E-state index contributed by atoms with van der Waals surface area (Å²) in [6, 6.07) is 10.3. The molecule has 3 aromatic carbocycles. The first kappa shape index (κ1) is 70.9. The molecule has 26 heteroatoms. The predicted octanol–water partition coefficient (Wildman–Crippen LogP) is 0.192. The second-order valence-corrected chi connectivity index (χ2v) is 24.7. The zero-order chi connectivity index (χ0) is 66.5. The monoisotopic (exact) mass is 1260 g/mol. The molecule has 0 aliphatic carbocycles. The van der Waals surface area contributed by atoms with Gasteiger partial charge in [-0.15, -0.1) is 0 Å². The molecule has 2 aliphatic rings. The highest BCUT2D eigenvalue weighted by Gasteiger charge is 2.42. The maximum absolute atomic E-state index is 15.0. The van der Waals surface area contributed by atoms with Gasteiger partial charge in [-0.05, 0) is 92.0 Å². The van der Waals surface area contributed by atoms with E-state index in [1.807, 2.05) is 27.7 Å². The number of benzene rings is 3. The molecule has 2 fully saturated rings. The Morgan fingerprint density at radius 2 is 0.945 bits per heavy atom. The molecule has 0 radical (unpaired) electrons. The fraction of sp³-hybridized carbons (Fsp3) is 0.508. The number of carbonyl (C=O) groups is 12. The lowest BCUT2D eigenvalue weighted by molar-refractivity contribution is -0.142. The summed E-state index contributed by atoms with van der Waals surface area (Å²) in [6.07, 6.45) is 0.373. The minimum atomic E-state index is -1.82. The molecule has 10 unspecified atom stereocenters. The number of aromatic nitrogens is 1. The Hall–Kier alpha value is -9.20. The highest BCUT2D eigenvalue weighted by atomic mass is 16.2. The van der Waals surface area contributed by atoms with Gasteiger partial charge < -0.3 is 74.9 Å². The molecule has 4 aromatic rings. The van der Waals surface area contributed by atoms with E-state index in [2.05, 4.69) is 52.8 Å². The number of nitrogens with zero attached hydrogens (tertiary/aromatic N) is 1. The molecule has 1 aromatic heterocycles. The van der Waals surface area contributed by atoms with Gasteiger partial charge >= 0.3 is 0 Å². The van der Waals surface area contributed by atoms with E-state index in [-0.39, 0.29) is 76.3 Å². The van der Waals surface area contributed by atoms with Gasteiger partial charge in [0.25, 0.3) is 0 Å². The Morgan fingerprint density at radius 3 is 1.51 bits per heavy atom. The summed E-state index contributed by atoms with van der Waals surface area (Å²) in [5.41, 5.74) is 19.6. The van der Waals surface area contributed by atoms with Crippen LogP contribution in [-0.2, 0) is 76.8 Å². The summed E-state index contributed by atoms with van der Waals surface area (Å²) in [5, 5.41) is 25.2. The van der Waals surface area contributed by atoms with Crippen molar-refractivity contribution in [2.75, 3.05) is 13.1 Å². The molecule has 2 aliphatic heterocycles. The van der Waals surface area contributed by atoms with Gasteiger partial charge in [0, 0.05) is 49.3 Å². The summed E-state index contributed by atoms with van der Waals surface area (Å²) < 4.78 is 0. The maximum Gasteiger partial charge on any atom is 0.246 e. The van der Waals surface area contributed by atoms with Crippen molar-refractivity contribution < 1.29 is 57.5 Å². The third kappa shape index (κ3) is 21.2. The molecule has 0 saturated carbocycles. The van der Waals surface area contributed by atoms with Crippen LogP contribution >= 0.6 is 0 Å². The van der Waals surface area contributed by atoms with E-state index in [1.54, 1.807) is 105 Å². The molecule has 0 spiro atoms. The van der Waals surface area contributed by atoms with E-state index in [1.165, 1.54) is 4.90 Å². The predicted molar refractivity (Wildman–Crippen MR) is 339 cm³/mol. The van der Waals surface area contributed by atoms with Crippen molar-refractivity contribution in [2.45, 2.75) is 179 Å². The number of para-hydroxylation sites is 1. The van der Waals surface area contributed by atoms with Gasteiger partial charge in [0.05, 0.1) is 6.42 Å². The van der Waals surface area contributed by atoms with Crippen LogP contribution in [0.4, 0.5) is 0 Å². The molecule has 91 heavy (non-hydrogen) atoms. The lowest BCUT2D eigenvalue weighted by Gasteiger charge is -2.32. The van der Waals surface area contributed by atoms with Crippen molar-refractivity contribution in [1.29, 1.82) is 0 Å². The summed E-state index contributed by atoms with van der Waals surface area (Å²) in [4.78, 5) is 177. The van der Waals surface area contributed by atoms with E-state index in [0.717, 1.165) is 0 Å². The number of amides is 12. The molecule has 6 rings (SSSR count). The van der Waals surface area contributed by atoms with Crippen molar-refractivity contribution in [1.82, 2.24) is 57.7 Å². The smallest absolute Gasteiger partial charge is 0.246 e. The molecule has 0 bridgehead atoms. The molecule has 492 valence electrons. The van der Waals surface area contributed by atoms with Crippen molar-refractivity contribution >= 4 is 81.8 Å². The Kier molecular flexibility index (Phi) is 26.6. The van der Waals surface area contributed by atoms with E-state index in [9.17, 15) is 52.7 Å². The van der Waals surface area contributed by atoms with E-state index >= 15 is 4.79 Å². The average molecular weight is 1260 g/mol. The normalized spacial score (nSPS) is 24.3. The number of rotatable bonds is 19. The molecule has 26 nitrogen and oxygen atoms in total. The van der Waals surface area contributed by atoms with Gasteiger partial charge in [-0.3, -0.25) is 57.5 Å². The summed E-state index contributed by atoms with van der Waals surface area (Å²) >= 11 is 0. The van der Waals surface area contributed by atoms with E-state index < -0.39 is 156 Å². The van der Waals surface area contributed by atoms with Crippen LogP contribution in [0.25, 0.3) is 10.9 Å². The lowest BCUT2D eigenvalue weighted by atomic mass is 9.98. The van der Waals surface area contributed by atoms with Gasteiger partial charge in [0.15, 0.2) is 0 Å². The number of nitrogens with one attached hydrogen (secondary N) is 10. The Balaban J connectivity index is 1.46. The van der Waals surface area contributed by atoms with E-state index in [4.69, 9.17) is 17.2 Å². The highest BCUT2D eigenvalue weighted by molar-refractivity contribution is 6.01. The number of H-pyrrole nitrogens is 1. The number of fused-ring (bicyclic) bond motifs is 2. The first-order valence-electron chi connectivity index (χ1n) is 31.2. The molecular weight excluding hydrogens is 1170 g/mol. The molecular formula is C65H90N14O12. The van der Waals surface area contributed by atoms with Crippen molar-refractivity contribution in [2.24, 2.45) is 35.0 Å². The SMILES string of the molecule is CC(C)CC1NC(=O)C(CCCN)NC(=O)C(C(C)C)NC(=O)C(Cc2c[nH]c3ccccc23)NC(=O)C(CCC(N)=O)NC(=O)C(CC(N)=O)NC(=O)C(Cc2ccccc2)NC(=O)C(CC(C)C)NC(=O)C2CCCN2C(=O)C(Cc2ccccc2)NC1=O. The molecule has 3 heterocycles. The third-order valence-corrected chi connectivity index (χ3v) is 16.0. The largest absolute Gasteiger partial charge is 0.370 e. The van der Waals surface area contributed by atoms with Crippen LogP contribution in [0.3, 0.4) is 0 Å². The molecule has 10 atom stereocenters. The minimum Gasteiger partial charge on any atom is -0.370 e. The topological polar surface area (TPSA) is 410 Å². The quantitative estimate of drug-likeness (QED) is 0.0597. The number of primary amides is 2. The zero-order valence-electron chi connectivity index (χ0n) is 52.6. The fourth-order valence-corrected chi connectivity index (χ4v) is 11.3. The Bertz CT molecular complexity index is 3210. The molecule has 2 saturated heterocycles. The Morgan fingerprint density at radius 1 is 0.495 bits per heavy atom. The van der Waals surface area contributed by atoms with Crippen LogP contribution in [0.1, 0.15) is 116 Å². The van der Waals surface area contributed by atoms with Crippen LogP contribution in [0, 0.1) is 17.8 Å². The first-order chi connectivity index (χ1) is 43.3. The molecule has 12 amide bonds. The van der Waals surface area contributed by atoms with Crippen molar-refractivity contribution in [3.63, 3.8) is 0 Å². The number of hydrogen-bond acceptors (Lipinski definition) is 13. The number of nitrogens with two attached hydrogens (primary N) is 3. The molecule has 16 N–H and O–H groups in total. The van der Waals surface area contributed by atoms with Gasteiger partial charge in [-0.1, -0.05) is 120 Å². The number of carbonyl (C=O) groups excluding carboxylic acids is 12. The van der Waals surface area contributed by atoms with Gasteiger partial charge in [0.1, 0.15) is 60.4 Å². The van der Waals surface area contributed by atoms with Gasteiger partial charge in [-0.2, -0.15) is 0 Å². The summed E-state index contributed by atoms with van der Waals surface area (Å²) in [5.74, 6) is -11.5. The number of aromatic amines is 1. The zero-order valence-corrected chi connectivity index (χ0v) is 52.6.